The number of hydrogen-bond acceptors (Lipinski definition) is 5. The largest absolute Gasteiger partial charge is 0.379 e. The van der Waals surface area contributed by atoms with Gasteiger partial charge in [-0.25, -0.2) is 0 Å². The minimum Gasteiger partial charge on any atom is -0.379 e. The summed E-state index contributed by atoms with van der Waals surface area (Å²) in [6.45, 7) is 7.91. The molecule has 0 radical (unpaired) electrons. The van der Waals surface area contributed by atoms with Crippen molar-refractivity contribution >= 4 is 11.8 Å². The van der Waals surface area contributed by atoms with E-state index in [4.69, 9.17) is 10.5 Å². The van der Waals surface area contributed by atoms with Crippen molar-refractivity contribution in [2.24, 2.45) is 17.6 Å². The zero-order chi connectivity index (χ0) is 17.2. The molecule has 2 heterocycles. The molecule has 2 atom stereocenters. The molecule has 1 saturated carbocycles. The monoisotopic (exact) mass is 338 g/mol. The van der Waals surface area contributed by atoms with Crippen molar-refractivity contribution in [3.8, 4) is 0 Å². The number of carbonyl (C=O) groups is 2. The minimum absolute atomic E-state index is 0.0166. The average molecular weight is 338 g/mol. The van der Waals surface area contributed by atoms with E-state index in [0.29, 0.717) is 32.0 Å². The van der Waals surface area contributed by atoms with Crippen molar-refractivity contribution in [3.05, 3.63) is 0 Å². The molecule has 2 aliphatic heterocycles. The number of likely N-dealkylation sites (tertiary alicyclic amines) is 1. The molecule has 0 spiro atoms. The van der Waals surface area contributed by atoms with E-state index in [9.17, 15) is 9.59 Å². The van der Waals surface area contributed by atoms with E-state index in [2.05, 4.69) is 10.2 Å². The lowest BCUT2D eigenvalue weighted by Gasteiger charge is -2.31. The number of ether oxygens (including phenoxy) is 1. The second-order valence-electron chi connectivity index (χ2n) is 7.58. The lowest BCUT2D eigenvalue weighted by Crippen LogP contribution is -2.55. The van der Waals surface area contributed by atoms with Crippen LogP contribution in [0.4, 0.5) is 0 Å². The topological polar surface area (TPSA) is 87.9 Å². The molecule has 24 heavy (non-hydrogen) atoms. The van der Waals surface area contributed by atoms with Gasteiger partial charge in [0.1, 0.15) is 0 Å². The van der Waals surface area contributed by atoms with Crippen LogP contribution in [0.3, 0.4) is 0 Å². The number of nitrogens with one attached hydrogen (secondary N) is 1. The van der Waals surface area contributed by atoms with E-state index in [1.165, 1.54) is 0 Å². The van der Waals surface area contributed by atoms with E-state index in [1.807, 2.05) is 11.8 Å². The highest BCUT2D eigenvalue weighted by molar-refractivity contribution is 5.89. The van der Waals surface area contributed by atoms with Gasteiger partial charge in [-0.1, -0.05) is 0 Å². The third kappa shape index (κ3) is 4.07. The van der Waals surface area contributed by atoms with E-state index < -0.39 is 0 Å². The van der Waals surface area contributed by atoms with Gasteiger partial charge in [-0.2, -0.15) is 0 Å². The maximum atomic E-state index is 12.6. The Hall–Kier alpha value is -1.18. The number of hydrogen-bond donors (Lipinski definition) is 2. The summed E-state index contributed by atoms with van der Waals surface area (Å²) in [4.78, 5) is 28.9. The van der Waals surface area contributed by atoms with E-state index in [-0.39, 0.29) is 23.3 Å². The Morgan fingerprint density at radius 2 is 2.04 bits per heavy atom. The minimum atomic E-state index is -0.318. The molecule has 3 fully saturated rings. The summed E-state index contributed by atoms with van der Waals surface area (Å²) in [7, 11) is 0. The van der Waals surface area contributed by atoms with Crippen molar-refractivity contribution in [1.29, 1.82) is 0 Å². The Bertz CT molecular complexity index is 476. The molecule has 7 nitrogen and oxygen atoms in total. The predicted octanol–water partition coefficient (Wildman–Crippen LogP) is -0.589. The van der Waals surface area contributed by atoms with Crippen LogP contribution in [0, 0.1) is 11.8 Å². The zero-order valence-electron chi connectivity index (χ0n) is 14.6. The van der Waals surface area contributed by atoms with Gasteiger partial charge < -0.3 is 20.7 Å². The maximum Gasteiger partial charge on any atom is 0.225 e. The Morgan fingerprint density at radius 3 is 2.67 bits per heavy atom. The second kappa shape index (κ2) is 7.37. The van der Waals surface area contributed by atoms with Crippen LogP contribution in [0.25, 0.3) is 0 Å². The van der Waals surface area contributed by atoms with Crippen molar-refractivity contribution in [1.82, 2.24) is 15.1 Å². The highest BCUT2D eigenvalue weighted by atomic mass is 16.5. The fourth-order valence-corrected chi connectivity index (χ4v) is 3.67. The molecule has 0 aromatic carbocycles. The van der Waals surface area contributed by atoms with Gasteiger partial charge in [0.2, 0.25) is 11.8 Å². The Balaban J connectivity index is 1.47. The van der Waals surface area contributed by atoms with Crippen molar-refractivity contribution in [3.63, 3.8) is 0 Å². The van der Waals surface area contributed by atoms with Crippen LogP contribution in [0.5, 0.6) is 0 Å². The summed E-state index contributed by atoms with van der Waals surface area (Å²) in [5, 5.41) is 3.12. The van der Waals surface area contributed by atoms with Gasteiger partial charge in [0.05, 0.1) is 24.7 Å². The van der Waals surface area contributed by atoms with Crippen LogP contribution in [0.2, 0.25) is 0 Å². The third-order valence-corrected chi connectivity index (χ3v) is 5.69. The first-order valence-electron chi connectivity index (χ1n) is 9.12. The van der Waals surface area contributed by atoms with Gasteiger partial charge in [-0.05, 0) is 25.7 Å². The van der Waals surface area contributed by atoms with Gasteiger partial charge in [0.25, 0.3) is 0 Å². The molecule has 7 heteroatoms. The van der Waals surface area contributed by atoms with Crippen LogP contribution in [0.1, 0.15) is 26.2 Å². The van der Waals surface area contributed by atoms with Gasteiger partial charge >= 0.3 is 0 Å². The van der Waals surface area contributed by atoms with E-state index in [1.54, 1.807) is 0 Å². The lowest BCUT2D eigenvalue weighted by molar-refractivity contribution is -0.129. The molecule has 136 valence electrons. The molecule has 0 bridgehead atoms. The van der Waals surface area contributed by atoms with Crippen molar-refractivity contribution in [2.75, 3.05) is 52.5 Å². The molecule has 3 rings (SSSR count). The third-order valence-electron chi connectivity index (χ3n) is 5.69. The molecule has 2 unspecified atom stereocenters. The lowest BCUT2D eigenvalue weighted by atomic mass is 9.94. The standard InChI is InChI=1S/C17H30N4O3/c1-17(12-18,14-2-3-14)19-16(23)13-10-15(22)21(11-13)5-4-20-6-8-24-9-7-20/h13-14H,2-12,18H2,1H3,(H,19,23). The maximum absolute atomic E-state index is 12.6. The van der Waals surface area contributed by atoms with Gasteiger partial charge in [-0.15, -0.1) is 0 Å². The highest BCUT2D eigenvalue weighted by Crippen LogP contribution is 2.39. The molecule has 3 aliphatic rings. The molecule has 0 aromatic heterocycles. The number of nitrogens with zero attached hydrogens (tertiary/aromatic N) is 2. The van der Waals surface area contributed by atoms with Gasteiger partial charge in [-0.3, -0.25) is 14.5 Å². The van der Waals surface area contributed by atoms with Gasteiger partial charge in [0, 0.05) is 45.7 Å². The quantitative estimate of drug-likeness (QED) is 0.648. The molecule has 2 amide bonds. The fourth-order valence-electron chi connectivity index (χ4n) is 3.67. The fraction of sp³-hybridized carbons (Fsp3) is 0.882. The van der Waals surface area contributed by atoms with Crippen LogP contribution in [-0.4, -0.2) is 79.6 Å². The summed E-state index contributed by atoms with van der Waals surface area (Å²) in [5.74, 6) is 0.314. The van der Waals surface area contributed by atoms with Crippen molar-refractivity contribution in [2.45, 2.75) is 31.7 Å². The predicted molar refractivity (Wildman–Crippen MR) is 90.3 cm³/mol. The Kier molecular flexibility index (Phi) is 5.42. The molecular weight excluding hydrogens is 308 g/mol. The number of amides is 2. The Labute approximate surface area is 143 Å². The smallest absolute Gasteiger partial charge is 0.225 e. The number of rotatable bonds is 7. The van der Waals surface area contributed by atoms with Crippen LogP contribution >= 0.6 is 0 Å². The van der Waals surface area contributed by atoms with Crippen LogP contribution < -0.4 is 11.1 Å². The van der Waals surface area contributed by atoms with Crippen molar-refractivity contribution < 1.29 is 14.3 Å². The number of carbonyl (C=O) groups excluding carboxylic acids is 2. The number of nitrogens with two attached hydrogens (primary N) is 1. The first-order chi connectivity index (χ1) is 11.5. The van der Waals surface area contributed by atoms with Gasteiger partial charge in [0.15, 0.2) is 0 Å². The van der Waals surface area contributed by atoms with E-state index in [0.717, 1.165) is 45.7 Å². The molecule has 1 aliphatic carbocycles. The summed E-state index contributed by atoms with van der Waals surface area (Å²) in [5.41, 5.74) is 5.55. The Morgan fingerprint density at radius 1 is 1.33 bits per heavy atom. The number of morpholine rings is 1. The molecule has 3 N–H and O–H groups in total. The molecule has 0 aromatic rings. The summed E-state index contributed by atoms with van der Waals surface area (Å²) >= 11 is 0. The zero-order valence-corrected chi connectivity index (χ0v) is 14.6. The summed E-state index contributed by atoms with van der Waals surface area (Å²) in [6.07, 6.45) is 2.58. The normalized spacial score (nSPS) is 28.0. The van der Waals surface area contributed by atoms with Crippen LogP contribution in [0.15, 0.2) is 0 Å². The molecule has 2 saturated heterocycles. The first-order valence-corrected chi connectivity index (χ1v) is 9.12. The SMILES string of the molecule is CC(CN)(NC(=O)C1CC(=O)N(CCN2CCOCC2)C1)C1CC1. The summed E-state index contributed by atoms with van der Waals surface area (Å²) < 4.78 is 5.34. The van der Waals surface area contributed by atoms with Crippen LogP contribution in [-0.2, 0) is 14.3 Å². The summed E-state index contributed by atoms with van der Waals surface area (Å²) in [6, 6.07) is 0. The average Bonchev–Trinajstić information content (AvgIpc) is 3.38. The highest BCUT2D eigenvalue weighted by Gasteiger charge is 2.44. The molecular formula is C17H30N4O3. The second-order valence-corrected chi connectivity index (χ2v) is 7.58. The van der Waals surface area contributed by atoms with E-state index >= 15 is 0 Å². The first kappa shape index (κ1) is 17.6.